The fraction of sp³-hybridized carbons (Fsp3) is 0.545. The van der Waals surface area contributed by atoms with Crippen LogP contribution in [0.4, 0.5) is 0 Å². The Morgan fingerprint density at radius 3 is 2.87 bits per heavy atom. The van der Waals surface area contributed by atoms with Gasteiger partial charge in [0.2, 0.25) is 0 Å². The number of aliphatic hydroxyl groups excluding tert-OH is 1. The Hall–Kier alpha value is -0.190. The highest BCUT2D eigenvalue weighted by Gasteiger charge is 2.31. The van der Waals surface area contributed by atoms with E-state index < -0.39 is 6.10 Å². The van der Waals surface area contributed by atoms with Gasteiger partial charge < -0.3 is 5.11 Å². The highest BCUT2D eigenvalue weighted by Crippen LogP contribution is 2.31. The molecule has 0 aliphatic heterocycles. The summed E-state index contributed by atoms with van der Waals surface area (Å²) in [6, 6.07) is 0. The van der Waals surface area contributed by atoms with Gasteiger partial charge in [0, 0.05) is 16.1 Å². The lowest BCUT2D eigenvalue weighted by molar-refractivity contribution is 0.102. The normalized spacial score (nSPS) is 13.9. The summed E-state index contributed by atoms with van der Waals surface area (Å²) >= 11 is 4.97. The molecule has 15 heavy (non-hydrogen) atoms. The van der Waals surface area contributed by atoms with E-state index in [9.17, 15) is 5.11 Å². The van der Waals surface area contributed by atoms with Crippen molar-refractivity contribution in [1.82, 2.24) is 4.98 Å². The van der Waals surface area contributed by atoms with E-state index in [4.69, 9.17) is 0 Å². The van der Waals surface area contributed by atoms with Crippen LogP contribution >= 0.6 is 27.3 Å². The first-order valence-corrected chi connectivity index (χ1v) is 6.82. The number of hydrogen-bond acceptors (Lipinski definition) is 3. The van der Waals surface area contributed by atoms with Crippen LogP contribution in [0.15, 0.2) is 18.0 Å². The summed E-state index contributed by atoms with van der Waals surface area (Å²) in [5.74, 6) is 0. The molecule has 84 valence electrons. The second-order valence-electron chi connectivity index (χ2n) is 4.04. The fourth-order valence-corrected chi connectivity index (χ4v) is 2.75. The number of hydrogen-bond donors (Lipinski definition) is 1. The molecule has 1 N–H and O–H groups in total. The molecule has 0 saturated heterocycles. The van der Waals surface area contributed by atoms with Crippen molar-refractivity contribution in [3.63, 3.8) is 0 Å². The molecule has 0 aliphatic carbocycles. The van der Waals surface area contributed by atoms with Crippen molar-refractivity contribution in [2.75, 3.05) is 0 Å². The third kappa shape index (κ3) is 2.89. The minimum Gasteiger partial charge on any atom is -0.392 e. The number of aliphatic hydroxyl groups is 1. The fourth-order valence-electron chi connectivity index (χ4n) is 1.26. The smallest absolute Gasteiger partial charge is 0.101 e. The van der Waals surface area contributed by atoms with Crippen molar-refractivity contribution in [3.8, 4) is 0 Å². The molecule has 1 aromatic rings. The first-order chi connectivity index (χ1) is 7.02. The predicted octanol–water partition coefficient (Wildman–Crippen LogP) is 3.25. The molecule has 0 fully saturated rings. The van der Waals surface area contributed by atoms with Gasteiger partial charge in [0.25, 0.3) is 0 Å². The number of thiazole rings is 1. The van der Waals surface area contributed by atoms with Gasteiger partial charge in [-0.3, -0.25) is 0 Å². The number of rotatable bonds is 5. The summed E-state index contributed by atoms with van der Waals surface area (Å²) in [5, 5.41) is 13.8. The van der Waals surface area contributed by atoms with Crippen molar-refractivity contribution in [2.45, 2.75) is 37.1 Å². The average molecular weight is 290 g/mol. The van der Waals surface area contributed by atoms with Crippen molar-refractivity contribution in [1.29, 1.82) is 0 Å². The number of aromatic nitrogens is 1. The first kappa shape index (κ1) is 12.9. The van der Waals surface area contributed by atoms with Crippen LogP contribution in [0, 0.1) is 0 Å². The van der Waals surface area contributed by atoms with Gasteiger partial charge >= 0.3 is 0 Å². The lowest BCUT2D eigenvalue weighted by Crippen LogP contribution is -2.33. The van der Waals surface area contributed by atoms with Crippen molar-refractivity contribution in [2.24, 2.45) is 0 Å². The average Bonchev–Trinajstić information content (AvgIpc) is 2.66. The van der Waals surface area contributed by atoms with E-state index in [2.05, 4.69) is 27.5 Å². The topological polar surface area (TPSA) is 33.1 Å². The molecule has 0 saturated carbocycles. The Morgan fingerprint density at radius 2 is 2.40 bits per heavy atom. The van der Waals surface area contributed by atoms with Gasteiger partial charge in [-0.25, -0.2) is 4.98 Å². The van der Waals surface area contributed by atoms with Gasteiger partial charge in [0.05, 0.1) is 11.8 Å². The molecule has 0 amide bonds. The summed E-state index contributed by atoms with van der Waals surface area (Å²) in [6.07, 6.45) is 1.91. The van der Waals surface area contributed by atoms with Gasteiger partial charge in [-0.2, -0.15) is 0 Å². The van der Waals surface area contributed by atoms with Gasteiger partial charge in [-0.1, -0.05) is 35.9 Å². The number of nitrogens with zero attached hydrogens (tertiary/aromatic N) is 1. The quantitative estimate of drug-likeness (QED) is 0.667. The summed E-state index contributed by atoms with van der Waals surface area (Å²) in [5.41, 5.74) is 0.716. The van der Waals surface area contributed by atoms with Gasteiger partial charge in [-0.05, 0) is 6.42 Å². The lowest BCUT2D eigenvalue weighted by atomic mass is 9.85. The minimum absolute atomic E-state index is 0.306. The maximum atomic E-state index is 10.00. The van der Waals surface area contributed by atoms with Crippen LogP contribution in [0.1, 0.15) is 31.0 Å². The van der Waals surface area contributed by atoms with Gasteiger partial charge in [0.1, 0.15) is 5.01 Å². The molecule has 1 atom stereocenters. The molecule has 0 radical (unpaired) electrons. The highest BCUT2D eigenvalue weighted by molar-refractivity contribution is 9.08. The molecule has 0 spiro atoms. The van der Waals surface area contributed by atoms with E-state index in [1.165, 1.54) is 0 Å². The Kier molecular flexibility index (Phi) is 4.49. The third-order valence-electron chi connectivity index (χ3n) is 2.46. The summed E-state index contributed by atoms with van der Waals surface area (Å²) in [7, 11) is 0. The molecule has 2 nitrogen and oxygen atoms in total. The van der Waals surface area contributed by atoms with Crippen LogP contribution in [0.5, 0.6) is 0 Å². The molecule has 1 unspecified atom stereocenters. The van der Waals surface area contributed by atoms with Crippen molar-refractivity contribution >= 4 is 27.3 Å². The van der Waals surface area contributed by atoms with Crippen LogP contribution in [-0.4, -0.2) is 16.2 Å². The van der Waals surface area contributed by atoms with Crippen LogP contribution in [0.3, 0.4) is 0 Å². The van der Waals surface area contributed by atoms with E-state index in [0.717, 1.165) is 16.0 Å². The van der Waals surface area contributed by atoms with Crippen LogP contribution in [0.25, 0.3) is 0 Å². The molecule has 0 aliphatic rings. The lowest BCUT2D eigenvalue weighted by Gasteiger charge is -2.27. The molecular formula is C11H16BrNOS. The molecule has 0 aromatic carbocycles. The monoisotopic (exact) mass is 289 g/mol. The zero-order valence-electron chi connectivity index (χ0n) is 9.03. The Bertz CT molecular complexity index is 335. The van der Waals surface area contributed by atoms with E-state index in [-0.39, 0.29) is 5.41 Å². The van der Waals surface area contributed by atoms with Crippen LogP contribution < -0.4 is 0 Å². The standard InChI is InChI=1S/C11H16BrNOS/c1-4-5-9(14)11(2,3)10-13-8(6-12)7-15-10/h4,7,9,14H,1,5-6H2,2-3H3. The summed E-state index contributed by atoms with van der Waals surface area (Å²) in [6.45, 7) is 7.67. The summed E-state index contributed by atoms with van der Waals surface area (Å²) < 4.78 is 0. The molecule has 1 aromatic heterocycles. The van der Waals surface area contributed by atoms with E-state index in [0.29, 0.717) is 6.42 Å². The van der Waals surface area contributed by atoms with Crippen molar-refractivity contribution in [3.05, 3.63) is 28.7 Å². The molecule has 0 bridgehead atoms. The number of halogens is 1. The second-order valence-corrected chi connectivity index (χ2v) is 5.46. The van der Waals surface area contributed by atoms with Crippen LogP contribution in [0.2, 0.25) is 0 Å². The molecular weight excluding hydrogens is 274 g/mol. The Labute approximate surface area is 103 Å². The zero-order valence-corrected chi connectivity index (χ0v) is 11.4. The third-order valence-corrected chi connectivity index (χ3v) is 4.27. The Balaban J connectivity index is 2.88. The van der Waals surface area contributed by atoms with E-state index in [1.54, 1.807) is 17.4 Å². The van der Waals surface area contributed by atoms with Crippen molar-refractivity contribution < 1.29 is 5.11 Å². The second kappa shape index (κ2) is 5.23. The highest BCUT2D eigenvalue weighted by atomic mass is 79.9. The SMILES string of the molecule is C=CCC(O)C(C)(C)c1nc(CBr)cs1. The maximum absolute atomic E-state index is 10.00. The predicted molar refractivity (Wildman–Crippen MR) is 68.6 cm³/mol. The Morgan fingerprint density at radius 1 is 1.73 bits per heavy atom. The minimum atomic E-state index is -0.427. The first-order valence-electron chi connectivity index (χ1n) is 4.82. The summed E-state index contributed by atoms with van der Waals surface area (Å²) in [4.78, 5) is 4.48. The molecule has 1 rings (SSSR count). The van der Waals surface area contributed by atoms with E-state index >= 15 is 0 Å². The number of alkyl halides is 1. The maximum Gasteiger partial charge on any atom is 0.101 e. The van der Waals surface area contributed by atoms with Crippen LogP contribution in [-0.2, 0) is 10.7 Å². The van der Waals surface area contributed by atoms with Gasteiger partial charge in [0.15, 0.2) is 0 Å². The zero-order chi connectivity index (χ0) is 11.5. The van der Waals surface area contributed by atoms with Gasteiger partial charge in [-0.15, -0.1) is 17.9 Å². The molecule has 4 heteroatoms. The largest absolute Gasteiger partial charge is 0.392 e. The van der Waals surface area contributed by atoms with E-state index in [1.807, 2.05) is 19.2 Å². The molecule has 1 heterocycles.